The van der Waals surface area contributed by atoms with Gasteiger partial charge in [-0.15, -0.1) is 0 Å². The second kappa shape index (κ2) is 8.33. The summed E-state index contributed by atoms with van der Waals surface area (Å²) in [5.74, 6) is -0.440. The molecule has 2 aromatic carbocycles. The standard InChI is InChI=1S/C22H25FN2O2/c1-16(2)25(20-6-4-3-5-7-20)22(27)18-12-14-24(15-13-18)21(26)17-8-10-19(23)11-9-17/h3-11,16,18H,12-15H2,1-2H3. The van der Waals surface area contributed by atoms with Gasteiger partial charge in [0.25, 0.3) is 5.91 Å². The molecule has 1 heterocycles. The van der Waals surface area contributed by atoms with Gasteiger partial charge in [0.1, 0.15) is 5.82 Å². The summed E-state index contributed by atoms with van der Waals surface area (Å²) < 4.78 is 13.0. The smallest absolute Gasteiger partial charge is 0.253 e. The number of halogens is 1. The molecule has 142 valence electrons. The molecule has 1 aliphatic heterocycles. The van der Waals surface area contributed by atoms with E-state index in [0.29, 0.717) is 31.5 Å². The predicted octanol–water partition coefficient (Wildman–Crippen LogP) is 4.12. The fourth-order valence-corrected chi connectivity index (χ4v) is 3.57. The summed E-state index contributed by atoms with van der Waals surface area (Å²) in [5, 5.41) is 0. The third-order valence-corrected chi connectivity index (χ3v) is 5.01. The van der Waals surface area contributed by atoms with Crippen molar-refractivity contribution in [2.75, 3.05) is 18.0 Å². The molecular formula is C22H25FN2O2. The average Bonchev–Trinajstić information content (AvgIpc) is 2.69. The van der Waals surface area contributed by atoms with E-state index in [9.17, 15) is 14.0 Å². The number of hydrogen-bond acceptors (Lipinski definition) is 2. The van der Waals surface area contributed by atoms with Crippen LogP contribution in [0.4, 0.5) is 10.1 Å². The minimum atomic E-state index is -0.356. The number of anilines is 1. The van der Waals surface area contributed by atoms with Crippen molar-refractivity contribution in [1.82, 2.24) is 4.90 Å². The SMILES string of the molecule is CC(C)N(C(=O)C1CCN(C(=O)c2ccc(F)cc2)CC1)c1ccccc1. The third-order valence-electron chi connectivity index (χ3n) is 5.01. The van der Waals surface area contributed by atoms with E-state index in [-0.39, 0.29) is 29.6 Å². The number of para-hydroxylation sites is 1. The van der Waals surface area contributed by atoms with E-state index in [0.717, 1.165) is 5.69 Å². The largest absolute Gasteiger partial charge is 0.339 e. The van der Waals surface area contributed by atoms with E-state index in [1.807, 2.05) is 49.1 Å². The predicted molar refractivity (Wildman–Crippen MR) is 104 cm³/mol. The molecule has 0 radical (unpaired) electrons. The second-order valence-corrected chi connectivity index (χ2v) is 7.21. The van der Waals surface area contributed by atoms with Gasteiger partial charge in [0.05, 0.1) is 0 Å². The van der Waals surface area contributed by atoms with E-state index < -0.39 is 0 Å². The summed E-state index contributed by atoms with van der Waals surface area (Å²) in [7, 11) is 0. The number of piperidine rings is 1. The molecule has 0 saturated carbocycles. The highest BCUT2D eigenvalue weighted by molar-refractivity contribution is 5.96. The first-order valence-corrected chi connectivity index (χ1v) is 9.40. The Bertz CT molecular complexity index is 782. The van der Waals surface area contributed by atoms with Gasteiger partial charge in [-0.05, 0) is 63.1 Å². The fraction of sp³-hybridized carbons (Fsp3) is 0.364. The Balaban J connectivity index is 1.65. The second-order valence-electron chi connectivity index (χ2n) is 7.21. The van der Waals surface area contributed by atoms with Gasteiger partial charge in [-0.25, -0.2) is 4.39 Å². The molecule has 0 atom stereocenters. The Kier molecular flexibility index (Phi) is 5.89. The quantitative estimate of drug-likeness (QED) is 0.814. The van der Waals surface area contributed by atoms with Gasteiger partial charge in [0, 0.05) is 36.3 Å². The maximum Gasteiger partial charge on any atom is 0.253 e. The average molecular weight is 368 g/mol. The molecule has 0 N–H and O–H groups in total. The molecule has 27 heavy (non-hydrogen) atoms. The minimum absolute atomic E-state index is 0.0683. The summed E-state index contributed by atoms with van der Waals surface area (Å²) in [6, 6.07) is 15.4. The summed E-state index contributed by atoms with van der Waals surface area (Å²) in [6.07, 6.45) is 1.28. The molecule has 3 rings (SSSR count). The highest BCUT2D eigenvalue weighted by Gasteiger charge is 2.32. The zero-order valence-electron chi connectivity index (χ0n) is 15.8. The number of nitrogens with zero attached hydrogens (tertiary/aromatic N) is 2. The fourth-order valence-electron chi connectivity index (χ4n) is 3.57. The zero-order valence-corrected chi connectivity index (χ0v) is 15.8. The Morgan fingerprint density at radius 1 is 1.00 bits per heavy atom. The van der Waals surface area contributed by atoms with E-state index in [4.69, 9.17) is 0 Å². The molecule has 4 nitrogen and oxygen atoms in total. The van der Waals surface area contributed by atoms with Crippen LogP contribution in [0.3, 0.4) is 0 Å². The number of carbonyl (C=O) groups is 2. The van der Waals surface area contributed by atoms with Crippen molar-refractivity contribution in [3.8, 4) is 0 Å². The molecule has 0 bridgehead atoms. The lowest BCUT2D eigenvalue weighted by Crippen LogP contribution is -2.46. The van der Waals surface area contributed by atoms with Crippen LogP contribution in [-0.4, -0.2) is 35.8 Å². The lowest BCUT2D eigenvalue weighted by atomic mass is 9.94. The third kappa shape index (κ3) is 4.35. The van der Waals surface area contributed by atoms with Crippen molar-refractivity contribution in [3.05, 3.63) is 66.0 Å². The van der Waals surface area contributed by atoms with Gasteiger partial charge in [-0.1, -0.05) is 18.2 Å². The molecular weight excluding hydrogens is 343 g/mol. The topological polar surface area (TPSA) is 40.6 Å². The van der Waals surface area contributed by atoms with Crippen LogP contribution in [0.15, 0.2) is 54.6 Å². The Morgan fingerprint density at radius 3 is 2.15 bits per heavy atom. The van der Waals surface area contributed by atoms with Crippen molar-refractivity contribution < 1.29 is 14.0 Å². The molecule has 5 heteroatoms. The molecule has 2 amide bonds. The zero-order chi connectivity index (χ0) is 19.4. The first kappa shape index (κ1) is 19.1. The van der Waals surface area contributed by atoms with E-state index in [1.54, 1.807) is 4.90 Å². The molecule has 1 aliphatic rings. The van der Waals surface area contributed by atoms with Crippen molar-refractivity contribution in [2.24, 2.45) is 5.92 Å². The van der Waals surface area contributed by atoms with Crippen LogP contribution in [0.25, 0.3) is 0 Å². The van der Waals surface area contributed by atoms with Gasteiger partial charge >= 0.3 is 0 Å². The lowest BCUT2D eigenvalue weighted by Gasteiger charge is -2.36. The first-order valence-electron chi connectivity index (χ1n) is 9.40. The number of likely N-dealkylation sites (tertiary alicyclic amines) is 1. The molecule has 0 aromatic heterocycles. The van der Waals surface area contributed by atoms with Crippen molar-refractivity contribution in [3.63, 3.8) is 0 Å². The normalized spacial score (nSPS) is 15.0. The number of carbonyl (C=O) groups excluding carboxylic acids is 2. The minimum Gasteiger partial charge on any atom is -0.339 e. The molecule has 1 fully saturated rings. The first-order chi connectivity index (χ1) is 13.0. The van der Waals surface area contributed by atoms with E-state index in [2.05, 4.69) is 0 Å². The van der Waals surface area contributed by atoms with Crippen LogP contribution in [0.2, 0.25) is 0 Å². The van der Waals surface area contributed by atoms with Crippen LogP contribution in [0.5, 0.6) is 0 Å². The van der Waals surface area contributed by atoms with Gasteiger partial charge < -0.3 is 9.80 Å². The van der Waals surface area contributed by atoms with Crippen LogP contribution < -0.4 is 4.90 Å². The number of amides is 2. The summed E-state index contributed by atoms with van der Waals surface area (Å²) >= 11 is 0. The van der Waals surface area contributed by atoms with Crippen molar-refractivity contribution >= 4 is 17.5 Å². The molecule has 1 saturated heterocycles. The highest BCUT2D eigenvalue weighted by atomic mass is 19.1. The maximum atomic E-state index is 13.1. The lowest BCUT2D eigenvalue weighted by molar-refractivity contribution is -0.124. The highest BCUT2D eigenvalue weighted by Crippen LogP contribution is 2.26. The molecule has 0 unspecified atom stereocenters. The van der Waals surface area contributed by atoms with Gasteiger partial charge in [0.15, 0.2) is 0 Å². The maximum absolute atomic E-state index is 13.1. The van der Waals surface area contributed by atoms with Gasteiger partial charge in [-0.2, -0.15) is 0 Å². The van der Waals surface area contributed by atoms with Crippen LogP contribution in [-0.2, 0) is 4.79 Å². The number of hydrogen-bond donors (Lipinski definition) is 0. The number of rotatable bonds is 4. The van der Waals surface area contributed by atoms with Crippen LogP contribution >= 0.6 is 0 Å². The van der Waals surface area contributed by atoms with Crippen LogP contribution in [0.1, 0.15) is 37.0 Å². The summed E-state index contributed by atoms with van der Waals surface area (Å²) in [5.41, 5.74) is 1.39. The molecule has 0 spiro atoms. The Hall–Kier alpha value is -2.69. The Labute approximate surface area is 159 Å². The molecule has 0 aliphatic carbocycles. The monoisotopic (exact) mass is 368 g/mol. The number of benzene rings is 2. The molecule has 2 aromatic rings. The summed E-state index contributed by atoms with van der Waals surface area (Å²) in [6.45, 7) is 5.09. The Morgan fingerprint density at radius 2 is 1.59 bits per heavy atom. The van der Waals surface area contributed by atoms with E-state index >= 15 is 0 Å². The van der Waals surface area contributed by atoms with E-state index in [1.165, 1.54) is 24.3 Å². The van der Waals surface area contributed by atoms with Crippen molar-refractivity contribution in [2.45, 2.75) is 32.7 Å². The summed E-state index contributed by atoms with van der Waals surface area (Å²) in [4.78, 5) is 29.3. The van der Waals surface area contributed by atoms with Crippen molar-refractivity contribution in [1.29, 1.82) is 0 Å². The van der Waals surface area contributed by atoms with Crippen LogP contribution in [0, 0.1) is 11.7 Å². The van der Waals surface area contributed by atoms with Gasteiger partial charge in [-0.3, -0.25) is 9.59 Å². The van der Waals surface area contributed by atoms with Gasteiger partial charge in [0.2, 0.25) is 5.91 Å².